The first kappa shape index (κ1) is 23.6. The zero-order chi connectivity index (χ0) is 22.7. The molecule has 1 heterocycles. The summed E-state index contributed by atoms with van der Waals surface area (Å²) >= 11 is 0. The Morgan fingerprint density at radius 3 is 2.12 bits per heavy atom. The van der Waals surface area contributed by atoms with Crippen molar-refractivity contribution in [2.75, 3.05) is 0 Å². The fourth-order valence-electron chi connectivity index (χ4n) is 3.56. The monoisotopic (exact) mass is 462 g/mol. The average Bonchev–Trinajstić information content (AvgIpc) is 3.15. The lowest BCUT2D eigenvalue weighted by Crippen LogP contribution is -2.22. The maximum absolute atomic E-state index is 13.4. The molecule has 1 aromatic heterocycles. The van der Waals surface area contributed by atoms with Crippen LogP contribution >= 0.6 is 12.4 Å². The molecule has 0 unspecified atom stereocenters. The summed E-state index contributed by atoms with van der Waals surface area (Å²) < 4.78 is 3.21. The lowest BCUT2D eigenvalue weighted by atomic mass is 10.1. The van der Waals surface area contributed by atoms with Crippen LogP contribution in [0.15, 0.2) is 89.9 Å². The second-order valence-electron chi connectivity index (χ2n) is 7.39. The van der Waals surface area contributed by atoms with E-state index in [1.54, 1.807) is 27.5 Å². The number of carbonyl (C=O) groups is 1. The maximum atomic E-state index is 13.4. The first-order valence-electron chi connectivity index (χ1n) is 10.1. The summed E-state index contributed by atoms with van der Waals surface area (Å²) in [5.74, 6) is -0.858. The number of imidazole rings is 1. The van der Waals surface area contributed by atoms with Gasteiger partial charge in [0.15, 0.2) is 0 Å². The van der Waals surface area contributed by atoms with Gasteiger partial charge in [0.25, 0.3) is 0 Å². The van der Waals surface area contributed by atoms with Gasteiger partial charge in [-0.3, -0.25) is 19.3 Å². The Kier molecular flexibility index (Phi) is 7.15. The molecule has 4 aromatic rings. The van der Waals surface area contributed by atoms with Crippen LogP contribution in [0.25, 0.3) is 22.6 Å². The van der Waals surface area contributed by atoms with E-state index in [2.05, 4.69) is 0 Å². The number of nitrogens with two attached hydrogens (primary N) is 1. The zero-order valence-corrected chi connectivity index (χ0v) is 18.5. The molecule has 0 bridgehead atoms. The number of nitrogens with one attached hydrogen (secondary N) is 1. The number of rotatable bonds is 7. The van der Waals surface area contributed by atoms with Crippen LogP contribution in [0, 0.1) is 5.41 Å². The number of aryl methyl sites for hydroxylation is 1. The number of benzene rings is 3. The Labute approximate surface area is 196 Å². The maximum Gasteiger partial charge on any atom is 0.337 e. The van der Waals surface area contributed by atoms with Gasteiger partial charge < -0.3 is 10.8 Å². The van der Waals surface area contributed by atoms with Gasteiger partial charge in [0.1, 0.15) is 5.84 Å². The highest BCUT2D eigenvalue weighted by Gasteiger charge is 2.16. The molecular weight excluding hydrogens is 440 g/mol. The molecule has 0 radical (unpaired) electrons. The Balaban J connectivity index is 0.00000306. The van der Waals surface area contributed by atoms with Crippen LogP contribution in [0.4, 0.5) is 0 Å². The summed E-state index contributed by atoms with van der Waals surface area (Å²) in [7, 11) is 0. The van der Waals surface area contributed by atoms with Crippen LogP contribution < -0.4 is 11.4 Å². The van der Waals surface area contributed by atoms with Crippen LogP contribution in [0.3, 0.4) is 0 Å². The minimum absolute atomic E-state index is 0. The number of carboxylic acids is 1. The number of aliphatic carboxylic acids is 1. The zero-order valence-electron chi connectivity index (χ0n) is 17.6. The number of hydrogen-bond donors (Lipinski definition) is 3. The van der Waals surface area contributed by atoms with E-state index >= 15 is 0 Å². The minimum Gasteiger partial charge on any atom is -0.481 e. The molecule has 0 aliphatic carbocycles. The molecule has 0 aliphatic rings. The van der Waals surface area contributed by atoms with Crippen molar-refractivity contribution < 1.29 is 9.90 Å². The van der Waals surface area contributed by atoms with Crippen molar-refractivity contribution in [3.8, 4) is 22.6 Å². The highest BCUT2D eigenvalue weighted by Crippen LogP contribution is 2.24. The second kappa shape index (κ2) is 10.0. The summed E-state index contributed by atoms with van der Waals surface area (Å²) in [5, 5.41) is 16.5. The van der Waals surface area contributed by atoms with Crippen molar-refractivity contribution >= 4 is 24.2 Å². The smallest absolute Gasteiger partial charge is 0.337 e. The molecule has 4 N–H and O–H groups in total. The van der Waals surface area contributed by atoms with E-state index in [0.29, 0.717) is 23.4 Å². The van der Waals surface area contributed by atoms with Gasteiger partial charge in [0.2, 0.25) is 0 Å². The van der Waals surface area contributed by atoms with Gasteiger partial charge in [0, 0.05) is 23.7 Å². The number of hydrogen-bond acceptors (Lipinski definition) is 3. The fourth-order valence-corrected chi connectivity index (χ4v) is 3.56. The first-order valence-corrected chi connectivity index (χ1v) is 10.1. The van der Waals surface area contributed by atoms with Crippen LogP contribution in [0.5, 0.6) is 0 Å². The normalized spacial score (nSPS) is 10.4. The van der Waals surface area contributed by atoms with Gasteiger partial charge in [-0.2, -0.15) is 0 Å². The summed E-state index contributed by atoms with van der Waals surface area (Å²) in [6.45, 7) is 0. The molecule has 168 valence electrons. The summed E-state index contributed by atoms with van der Waals surface area (Å²) in [6, 6.07) is 23.9. The number of aromatic nitrogens is 2. The topological polar surface area (TPSA) is 114 Å². The molecule has 0 atom stereocenters. The summed E-state index contributed by atoms with van der Waals surface area (Å²) in [4.78, 5) is 24.2. The SMILES string of the molecule is Cl.N=C(N)c1ccc(-c2cn(-c3ccc(CCC(=O)O)cc3)c(=O)n2-c2ccccc2)cc1. The third kappa shape index (κ3) is 5.05. The standard InChI is InChI=1S/C25H22N4O3.ClH/c26-24(27)19-11-9-18(10-12-19)22-16-28(25(32)29(22)21-4-2-1-3-5-21)20-13-6-17(7-14-20)8-15-23(30)31;/h1-7,9-14,16H,8,15H2,(H3,26,27)(H,30,31);1H. The molecular formula is C25H23ClN4O3. The Bertz CT molecular complexity index is 1330. The minimum atomic E-state index is -0.842. The van der Waals surface area contributed by atoms with E-state index < -0.39 is 5.97 Å². The first-order chi connectivity index (χ1) is 15.4. The van der Waals surface area contributed by atoms with E-state index in [0.717, 1.165) is 16.8 Å². The van der Waals surface area contributed by atoms with Crippen molar-refractivity contribution in [2.45, 2.75) is 12.8 Å². The molecule has 7 nitrogen and oxygen atoms in total. The lowest BCUT2D eigenvalue weighted by molar-refractivity contribution is -0.136. The van der Waals surface area contributed by atoms with Gasteiger partial charge in [-0.1, -0.05) is 54.6 Å². The highest BCUT2D eigenvalue weighted by molar-refractivity contribution is 5.95. The van der Waals surface area contributed by atoms with Crippen molar-refractivity contribution in [3.05, 3.63) is 107 Å². The fraction of sp³-hybridized carbons (Fsp3) is 0.0800. The van der Waals surface area contributed by atoms with Crippen LogP contribution in [0.2, 0.25) is 0 Å². The van der Waals surface area contributed by atoms with Crippen LogP contribution in [0.1, 0.15) is 17.5 Å². The molecule has 0 spiro atoms. The van der Waals surface area contributed by atoms with Crippen molar-refractivity contribution in [2.24, 2.45) is 5.73 Å². The molecule has 8 heteroatoms. The van der Waals surface area contributed by atoms with Crippen molar-refractivity contribution in [1.29, 1.82) is 5.41 Å². The third-order valence-electron chi connectivity index (χ3n) is 5.24. The number of halogens is 1. The predicted octanol–water partition coefficient (Wildman–Crippen LogP) is 4.02. The summed E-state index contributed by atoms with van der Waals surface area (Å²) in [6.07, 6.45) is 2.28. The Morgan fingerprint density at radius 2 is 1.55 bits per heavy atom. The molecule has 4 rings (SSSR count). The largest absolute Gasteiger partial charge is 0.481 e. The van der Waals surface area contributed by atoms with Gasteiger partial charge >= 0.3 is 11.7 Å². The quantitative estimate of drug-likeness (QED) is 0.284. The highest BCUT2D eigenvalue weighted by atomic mass is 35.5. The predicted molar refractivity (Wildman–Crippen MR) is 131 cm³/mol. The molecule has 0 aliphatic heterocycles. The third-order valence-corrected chi connectivity index (χ3v) is 5.24. The van der Waals surface area contributed by atoms with Crippen molar-refractivity contribution in [1.82, 2.24) is 9.13 Å². The second-order valence-corrected chi connectivity index (χ2v) is 7.39. The number of carboxylic acid groups (broad SMARTS) is 1. The molecule has 3 aromatic carbocycles. The van der Waals surface area contributed by atoms with E-state index in [4.69, 9.17) is 16.2 Å². The molecule has 0 saturated carbocycles. The van der Waals surface area contributed by atoms with Crippen LogP contribution in [-0.4, -0.2) is 26.0 Å². The Morgan fingerprint density at radius 1 is 0.909 bits per heavy atom. The van der Waals surface area contributed by atoms with Crippen molar-refractivity contribution in [3.63, 3.8) is 0 Å². The number of para-hydroxylation sites is 1. The van der Waals surface area contributed by atoms with Gasteiger partial charge in [0.05, 0.1) is 17.1 Å². The molecule has 0 saturated heterocycles. The van der Waals surface area contributed by atoms with E-state index in [1.165, 1.54) is 0 Å². The van der Waals surface area contributed by atoms with Gasteiger partial charge in [-0.05, 0) is 36.2 Å². The Hall–Kier alpha value is -4.10. The summed E-state index contributed by atoms with van der Waals surface area (Å²) in [5.41, 5.74) is 9.79. The van der Waals surface area contributed by atoms with E-state index in [1.807, 2.05) is 66.7 Å². The van der Waals surface area contributed by atoms with Gasteiger partial charge in [-0.25, -0.2) is 4.79 Å². The number of amidine groups is 1. The van der Waals surface area contributed by atoms with E-state index in [-0.39, 0.29) is 30.4 Å². The average molecular weight is 463 g/mol. The van der Waals surface area contributed by atoms with Crippen LogP contribution in [-0.2, 0) is 11.2 Å². The van der Waals surface area contributed by atoms with E-state index in [9.17, 15) is 9.59 Å². The molecule has 0 fully saturated rings. The number of nitrogens with zero attached hydrogens (tertiary/aromatic N) is 2. The lowest BCUT2D eigenvalue weighted by Gasteiger charge is -2.08. The molecule has 0 amide bonds. The van der Waals surface area contributed by atoms with Gasteiger partial charge in [-0.15, -0.1) is 12.4 Å². The number of nitrogen functional groups attached to an aromatic ring is 1. The molecule has 33 heavy (non-hydrogen) atoms.